The summed E-state index contributed by atoms with van der Waals surface area (Å²) in [6, 6.07) is 1.66. The van der Waals surface area contributed by atoms with Gasteiger partial charge in [0.15, 0.2) is 0 Å². The van der Waals surface area contributed by atoms with E-state index in [1.165, 1.54) is 0 Å². The van der Waals surface area contributed by atoms with Crippen LogP contribution in [-0.4, -0.2) is 33.9 Å². The maximum absolute atomic E-state index is 11.5. The maximum Gasteiger partial charge on any atom is 0.271 e. The number of nitrogens with one attached hydrogen (secondary N) is 2. The molecule has 1 atom stereocenters. The van der Waals surface area contributed by atoms with E-state index in [0.29, 0.717) is 5.69 Å². The molecule has 1 aromatic heterocycles. The van der Waals surface area contributed by atoms with Crippen molar-refractivity contribution in [1.29, 1.82) is 0 Å². The topological polar surface area (TPSA) is 78.0 Å². The number of nitrogens with zero attached hydrogens (tertiary/aromatic N) is 1. The highest BCUT2D eigenvalue weighted by Crippen LogP contribution is 2.00. The molecule has 0 aliphatic carbocycles. The summed E-state index contributed by atoms with van der Waals surface area (Å²) in [6.45, 7) is 5.88. The number of H-pyrrole nitrogens is 1. The predicted molar refractivity (Wildman–Crippen MR) is 56.5 cm³/mol. The van der Waals surface area contributed by atoms with Gasteiger partial charge in [-0.25, -0.2) is 0 Å². The minimum atomic E-state index is -0.519. The number of aliphatic hydroxyl groups excluding tert-OH is 1. The minimum absolute atomic E-state index is 0.131. The van der Waals surface area contributed by atoms with Crippen molar-refractivity contribution in [2.45, 2.75) is 26.9 Å². The fourth-order valence-corrected chi connectivity index (χ4v) is 1.06. The molecule has 0 fully saturated rings. The third kappa shape index (κ3) is 3.36. The quantitative estimate of drug-likeness (QED) is 0.677. The Balaban J connectivity index is 2.43. The summed E-state index contributed by atoms with van der Waals surface area (Å²) in [5.41, 5.74) is 1.19. The zero-order chi connectivity index (χ0) is 11.4. The third-order valence-electron chi connectivity index (χ3n) is 2.18. The highest BCUT2D eigenvalue weighted by Gasteiger charge is 2.13. The molecule has 0 radical (unpaired) electrons. The second kappa shape index (κ2) is 4.93. The largest absolute Gasteiger partial charge is 0.391 e. The summed E-state index contributed by atoms with van der Waals surface area (Å²) in [4.78, 5) is 11.5. The minimum Gasteiger partial charge on any atom is -0.391 e. The van der Waals surface area contributed by atoms with Crippen molar-refractivity contribution in [2.75, 3.05) is 6.54 Å². The number of aromatic nitrogens is 2. The van der Waals surface area contributed by atoms with Crippen molar-refractivity contribution in [1.82, 2.24) is 15.5 Å². The van der Waals surface area contributed by atoms with Crippen molar-refractivity contribution >= 4 is 5.91 Å². The molecule has 1 unspecified atom stereocenters. The van der Waals surface area contributed by atoms with Gasteiger partial charge in [-0.2, -0.15) is 5.10 Å². The Labute approximate surface area is 88.9 Å². The lowest BCUT2D eigenvalue weighted by molar-refractivity contribution is 0.0867. The van der Waals surface area contributed by atoms with E-state index in [2.05, 4.69) is 15.5 Å². The lowest BCUT2D eigenvalue weighted by Crippen LogP contribution is -2.34. The van der Waals surface area contributed by atoms with Crippen molar-refractivity contribution < 1.29 is 9.90 Å². The van der Waals surface area contributed by atoms with Gasteiger partial charge in [0.05, 0.1) is 6.10 Å². The fraction of sp³-hybridized carbons (Fsp3) is 0.600. The average Bonchev–Trinajstić information content (AvgIpc) is 2.60. The Bertz CT molecular complexity index is 333. The predicted octanol–water partition coefficient (Wildman–Crippen LogP) is 0.465. The molecule has 0 saturated carbocycles. The first-order chi connectivity index (χ1) is 7.00. The van der Waals surface area contributed by atoms with E-state index in [1.807, 2.05) is 20.8 Å². The first-order valence-corrected chi connectivity index (χ1v) is 4.99. The number of amides is 1. The molecule has 0 saturated heterocycles. The van der Waals surface area contributed by atoms with Gasteiger partial charge in [0.2, 0.25) is 0 Å². The molecule has 1 aromatic rings. The van der Waals surface area contributed by atoms with Crippen LogP contribution in [0.1, 0.15) is 30.0 Å². The summed E-state index contributed by atoms with van der Waals surface area (Å²) in [7, 11) is 0. The van der Waals surface area contributed by atoms with Gasteiger partial charge < -0.3 is 10.4 Å². The number of carbonyl (C=O) groups excluding carboxylic acids is 1. The van der Waals surface area contributed by atoms with Crippen LogP contribution in [0.5, 0.6) is 0 Å². The summed E-state index contributed by atoms with van der Waals surface area (Å²) in [5, 5.41) is 18.6. The first kappa shape index (κ1) is 11.7. The van der Waals surface area contributed by atoms with Gasteiger partial charge in [-0.15, -0.1) is 0 Å². The number of hydrogen-bond donors (Lipinski definition) is 3. The van der Waals surface area contributed by atoms with Crippen molar-refractivity contribution in [3.63, 3.8) is 0 Å². The second-order valence-corrected chi connectivity index (χ2v) is 3.96. The van der Waals surface area contributed by atoms with Gasteiger partial charge in [-0.1, -0.05) is 13.8 Å². The van der Waals surface area contributed by atoms with Crippen LogP contribution < -0.4 is 5.32 Å². The SMILES string of the molecule is Cc1cc(C(=O)NCC(O)C(C)C)n[nH]1. The summed E-state index contributed by atoms with van der Waals surface area (Å²) >= 11 is 0. The summed E-state index contributed by atoms with van der Waals surface area (Å²) in [6.07, 6.45) is -0.519. The van der Waals surface area contributed by atoms with Crippen LogP contribution in [0.2, 0.25) is 0 Å². The van der Waals surface area contributed by atoms with E-state index in [9.17, 15) is 9.90 Å². The van der Waals surface area contributed by atoms with E-state index in [4.69, 9.17) is 0 Å². The molecule has 84 valence electrons. The normalized spacial score (nSPS) is 12.9. The molecule has 5 nitrogen and oxygen atoms in total. The van der Waals surface area contributed by atoms with Crippen LogP contribution >= 0.6 is 0 Å². The Kier molecular flexibility index (Phi) is 3.85. The average molecular weight is 211 g/mol. The molecule has 15 heavy (non-hydrogen) atoms. The van der Waals surface area contributed by atoms with E-state index in [1.54, 1.807) is 6.07 Å². The van der Waals surface area contributed by atoms with Gasteiger partial charge in [0.25, 0.3) is 5.91 Å². The molecule has 5 heteroatoms. The zero-order valence-corrected chi connectivity index (χ0v) is 9.24. The van der Waals surface area contributed by atoms with Crippen molar-refractivity contribution in [2.24, 2.45) is 5.92 Å². The van der Waals surface area contributed by atoms with Crippen LogP contribution in [0.25, 0.3) is 0 Å². The number of hydrogen-bond acceptors (Lipinski definition) is 3. The molecule has 1 heterocycles. The second-order valence-electron chi connectivity index (χ2n) is 3.96. The van der Waals surface area contributed by atoms with Crippen molar-refractivity contribution in [3.8, 4) is 0 Å². The summed E-state index contributed by atoms with van der Waals surface area (Å²) in [5.74, 6) is -0.134. The van der Waals surface area contributed by atoms with Crippen LogP contribution in [0.15, 0.2) is 6.07 Å². The Morgan fingerprint density at radius 2 is 2.33 bits per heavy atom. The standard InChI is InChI=1S/C10H17N3O2/c1-6(2)9(14)5-11-10(15)8-4-7(3)12-13-8/h4,6,9,14H,5H2,1-3H3,(H,11,15)(H,12,13). The van der Waals surface area contributed by atoms with E-state index in [0.717, 1.165) is 5.69 Å². The number of carbonyl (C=O) groups is 1. The molecule has 1 amide bonds. The molecule has 0 aromatic carbocycles. The van der Waals surface area contributed by atoms with Crippen LogP contribution in [0.4, 0.5) is 0 Å². The molecular formula is C10H17N3O2. The number of rotatable bonds is 4. The molecule has 0 bridgehead atoms. The lowest BCUT2D eigenvalue weighted by Gasteiger charge is -2.14. The monoisotopic (exact) mass is 211 g/mol. The molecule has 0 spiro atoms. The Hall–Kier alpha value is -1.36. The Morgan fingerprint density at radius 1 is 1.67 bits per heavy atom. The van der Waals surface area contributed by atoms with Gasteiger partial charge >= 0.3 is 0 Å². The fourth-order valence-electron chi connectivity index (χ4n) is 1.06. The van der Waals surface area contributed by atoms with Crippen LogP contribution in [0, 0.1) is 12.8 Å². The lowest BCUT2D eigenvalue weighted by atomic mass is 10.1. The van der Waals surface area contributed by atoms with E-state index in [-0.39, 0.29) is 18.4 Å². The highest BCUT2D eigenvalue weighted by atomic mass is 16.3. The molecular weight excluding hydrogens is 194 g/mol. The smallest absolute Gasteiger partial charge is 0.271 e. The van der Waals surface area contributed by atoms with Gasteiger partial charge in [0, 0.05) is 12.2 Å². The van der Waals surface area contributed by atoms with E-state index < -0.39 is 6.10 Å². The van der Waals surface area contributed by atoms with Gasteiger partial charge in [-0.3, -0.25) is 9.89 Å². The van der Waals surface area contributed by atoms with Crippen LogP contribution in [0.3, 0.4) is 0 Å². The van der Waals surface area contributed by atoms with Gasteiger partial charge in [0.1, 0.15) is 5.69 Å². The number of aromatic amines is 1. The Morgan fingerprint density at radius 3 is 2.80 bits per heavy atom. The molecule has 1 rings (SSSR count). The van der Waals surface area contributed by atoms with E-state index >= 15 is 0 Å². The molecule has 0 aliphatic heterocycles. The first-order valence-electron chi connectivity index (χ1n) is 4.99. The maximum atomic E-state index is 11.5. The van der Waals surface area contributed by atoms with Crippen LogP contribution in [-0.2, 0) is 0 Å². The molecule has 3 N–H and O–H groups in total. The van der Waals surface area contributed by atoms with Gasteiger partial charge in [-0.05, 0) is 18.9 Å². The van der Waals surface area contributed by atoms with Crippen molar-refractivity contribution in [3.05, 3.63) is 17.5 Å². The third-order valence-corrected chi connectivity index (χ3v) is 2.18. The highest BCUT2D eigenvalue weighted by molar-refractivity contribution is 5.92. The zero-order valence-electron chi connectivity index (χ0n) is 9.24. The molecule has 0 aliphatic rings. The number of aryl methyl sites for hydroxylation is 1. The summed E-state index contributed by atoms with van der Waals surface area (Å²) < 4.78 is 0. The number of aliphatic hydroxyl groups is 1.